The first-order valence-electron chi connectivity index (χ1n) is 2.80. The van der Waals surface area contributed by atoms with E-state index in [9.17, 15) is 13.2 Å². The van der Waals surface area contributed by atoms with Crippen LogP contribution in [-0.2, 0) is 0 Å². The number of ether oxygens (including phenoxy) is 1. The first-order valence-corrected chi connectivity index (χ1v) is 2.80. The average molecular weight is 221 g/mol. The van der Waals surface area contributed by atoms with Gasteiger partial charge in [0, 0.05) is 5.75 Å². The van der Waals surface area contributed by atoms with Crippen LogP contribution >= 0.6 is 0 Å². The average Bonchev–Trinajstić information content (AvgIpc) is 1.85. The number of alkyl halides is 3. The Morgan fingerprint density at radius 1 is 1.31 bits per heavy atom. The normalized spacial score (nSPS) is 9.46. The van der Waals surface area contributed by atoms with Gasteiger partial charge >= 0.3 is 29.4 Å². The van der Waals surface area contributed by atoms with Crippen molar-refractivity contribution in [3.63, 3.8) is 0 Å². The van der Waals surface area contributed by atoms with E-state index < -0.39 is 6.36 Å². The molecule has 13 heavy (non-hydrogen) atoms. The fraction of sp³-hybridized carbons (Fsp3) is 0.143. The van der Waals surface area contributed by atoms with Crippen LogP contribution in [0.2, 0.25) is 0 Å². The van der Waals surface area contributed by atoms with Crippen LogP contribution in [0, 0.1) is 6.07 Å². The summed E-state index contributed by atoms with van der Waals surface area (Å²) < 4.78 is 38.1. The van der Waals surface area contributed by atoms with E-state index >= 15 is 0 Å². The third-order valence-electron chi connectivity index (χ3n) is 0.912. The van der Waals surface area contributed by atoms with Crippen LogP contribution in [0.3, 0.4) is 0 Å². The van der Waals surface area contributed by atoms with Crippen LogP contribution in [0.5, 0.6) is 5.75 Å². The van der Waals surface area contributed by atoms with E-state index in [0.717, 1.165) is 6.07 Å². The fourth-order valence-electron chi connectivity index (χ4n) is 0.574. The van der Waals surface area contributed by atoms with Crippen molar-refractivity contribution in [3.8, 4) is 5.75 Å². The third-order valence-corrected chi connectivity index (χ3v) is 0.912. The van der Waals surface area contributed by atoms with Crippen molar-refractivity contribution in [1.82, 2.24) is 0 Å². The molecule has 0 radical (unpaired) electrons. The topological polar surface area (TPSA) is 9.23 Å². The van der Waals surface area contributed by atoms with Crippen LogP contribution in [0.1, 0.15) is 0 Å². The fourth-order valence-corrected chi connectivity index (χ4v) is 0.574. The Labute approximate surface area is 95.8 Å². The molecular weight excluding hydrogens is 217 g/mol. The van der Waals surface area contributed by atoms with Gasteiger partial charge in [-0.15, -0.1) is 25.3 Å². The predicted octanol–water partition coefficient (Wildman–Crippen LogP) is -0.991. The molecule has 68 valence electrons. The molecule has 0 bridgehead atoms. The molecule has 0 spiro atoms. The van der Waals surface area contributed by atoms with Crippen LogP contribution in [-0.4, -0.2) is 29.4 Å². The van der Waals surface area contributed by atoms with Gasteiger partial charge < -0.3 is 17.1 Å². The van der Waals surface area contributed by atoms with E-state index in [4.69, 9.17) is 0 Å². The molecule has 0 amide bonds. The second-order valence-electron chi connectivity index (χ2n) is 1.79. The molecule has 0 atom stereocenters. The Hall–Kier alpha value is -0.134. The smallest absolute Gasteiger partial charge is 1.00 e. The summed E-state index contributed by atoms with van der Waals surface area (Å²) in [6.07, 6.45) is -4.62. The van der Waals surface area contributed by atoms with Crippen molar-refractivity contribution in [3.05, 3.63) is 30.3 Å². The van der Waals surface area contributed by atoms with E-state index in [0.29, 0.717) is 0 Å². The summed E-state index contributed by atoms with van der Waals surface area (Å²) in [5.41, 5.74) is 0. The van der Waals surface area contributed by atoms with Crippen molar-refractivity contribution in [2.75, 3.05) is 0 Å². The Morgan fingerprint density at radius 2 is 1.92 bits per heavy atom. The molecule has 0 aliphatic rings. The van der Waals surface area contributed by atoms with Gasteiger partial charge in [0.1, 0.15) is 0 Å². The van der Waals surface area contributed by atoms with Gasteiger partial charge in [-0.25, -0.2) is 0 Å². The van der Waals surface area contributed by atoms with Gasteiger partial charge in [-0.05, 0) is 0 Å². The van der Waals surface area contributed by atoms with Gasteiger partial charge in [0.15, 0.2) is 0 Å². The predicted molar refractivity (Wildman–Crippen MR) is 37.7 cm³/mol. The Bertz CT molecular complexity index is 227. The molecule has 1 aromatic rings. The quantitative estimate of drug-likeness (QED) is 0.437. The maximum Gasteiger partial charge on any atom is 2.00 e. The summed E-state index contributed by atoms with van der Waals surface area (Å²) in [5.74, 6) is -0.250. The molecule has 0 aliphatic heterocycles. The van der Waals surface area contributed by atoms with Crippen LogP contribution < -0.4 is 17.1 Å². The van der Waals surface area contributed by atoms with Crippen molar-refractivity contribution in [2.45, 2.75) is 6.36 Å². The van der Waals surface area contributed by atoms with E-state index in [2.05, 4.69) is 10.8 Å². The first-order chi connectivity index (χ1) is 5.08. The number of hydrogen-bond donors (Lipinski definition) is 0. The number of halogens is 4. The largest absolute Gasteiger partial charge is 2.00 e. The minimum absolute atomic E-state index is 0. The van der Waals surface area contributed by atoms with E-state index in [1.807, 2.05) is 0 Å². The molecule has 0 saturated heterocycles. The van der Waals surface area contributed by atoms with Gasteiger partial charge in [-0.2, -0.15) is 18.2 Å². The van der Waals surface area contributed by atoms with Crippen molar-refractivity contribution >= 4 is 23.1 Å². The maximum atomic E-state index is 11.5. The first kappa shape index (κ1) is 15.3. The van der Waals surface area contributed by atoms with Crippen molar-refractivity contribution in [2.24, 2.45) is 0 Å². The van der Waals surface area contributed by atoms with Crippen LogP contribution in [0.25, 0.3) is 0 Å². The molecule has 1 rings (SSSR count). The Kier molecular flexibility index (Phi) is 7.48. The molecule has 0 aromatic heterocycles. The van der Waals surface area contributed by atoms with Gasteiger partial charge in [0.2, 0.25) is 0 Å². The van der Waals surface area contributed by atoms with Crippen molar-refractivity contribution < 1.29 is 30.3 Å². The number of hydrogen-bond acceptors (Lipinski definition) is 1. The zero-order valence-electron chi connectivity index (χ0n) is 6.44. The van der Waals surface area contributed by atoms with E-state index in [1.165, 1.54) is 18.2 Å². The monoisotopic (exact) mass is 220 g/mol. The van der Waals surface area contributed by atoms with Crippen LogP contribution in [0.4, 0.5) is 13.2 Å². The Balaban J connectivity index is 0. The molecular formula is C7H4ClF3MgO. The molecule has 0 aliphatic carbocycles. The summed E-state index contributed by atoms with van der Waals surface area (Å²) in [5, 5.41) is 0. The van der Waals surface area contributed by atoms with E-state index in [-0.39, 0.29) is 41.2 Å². The zero-order chi connectivity index (χ0) is 8.32. The molecule has 0 fully saturated rings. The molecule has 1 aromatic carbocycles. The summed E-state index contributed by atoms with van der Waals surface area (Å²) >= 11 is 0. The standard InChI is InChI=1S/C7H4F3O.ClH.Mg/c8-7(9,10)11-6-4-2-1-3-5-6;;/h1-2,4-5H;1H;/q-1;;+2/p-1. The van der Waals surface area contributed by atoms with Crippen LogP contribution in [0.15, 0.2) is 24.3 Å². The summed E-state index contributed by atoms with van der Waals surface area (Å²) in [6.45, 7) is 0. The summed E-state index contributed by atoms with van der Waals surface area (Å²) in [6, 6.07) is 7.70. The van der Waals surface area contributed by atoms with Gasteiger partial charge in [0.25, 0.3) is 0 Å². The second-order valence-corrected chi connectivity index (χ2v) is 1.79. The van der Waals surface area contributed by atoms with Gasteiger partial charge in [-0.3, -0.25) is 0 Å². The molecule has 0 unspecified atom stereocenters. The zero-order valence-corrected chi connectivity index (χ0v) is 8.61. The number of rotatable bonds is 1. The minimum atomic E-state index is -4.62. The molecule has 0 N–H and O–H groups in total. The summed E-state index contributed by atoms with van der Waals surface area (Å²) in [7, 11) is 0. The van der Waals surface area contributed by atoms with Gasteiger partial charge in [-0.1, -0.05) is 0 Å². The second kappa shape index (κ2) is 6.34. The molecule has 6 heteroatoms. The van der Waals surface area contributed by atoms with Gasteiger partial charge in [0.05, 0.1) is 0 Å². The maximum absolute atomic E-state index is 11.5. The summed E-state index contributed by atoms with van der Waals surface area (Å²) in [4.78, 5) is 0. The minimum Gasteiger partial charge on any atom is -1.00 e. The molecule has 0 saturated carbocycles. The molecule has 0 heterocycles. The van der Waals surface area contributed by atoms with Crippen molar-refractivity contribution in [1.29, 1.82) is 0 Å². The van der Waals surface area contributed by atoms with E-state index in [1.54, 1.807) is 0 Å². The number of benzene rings is 1. The molecule has 1 nitrogen and oxygen atoms in total. The Morgan fingerprint density at radius 3 is 2.31 bits per heavy atom. The SMILES string of the molecule is FC(F)(F)Oc1c[c-]ccc1.[Cl-].[Mg+2]. The third kappa shape index (κ3) is 6.98.